The van der Waals surface area contributed by atoms with E-state index in [9.17, 15) is 15.2 Å². The van der Waals surface area contributed by atoms with Gasteiger partial charge in [-0.25, -0.2) is 0 Å². The number of ether oxygens (including phenoxy) is 1. The van der Waals surface area contributed by atoms with E-state index >= 15 is 0 Å². The van der Waals surface area contributed by atoms with Gasteiger partial charge >= 0.3 is 5.97 Å². The topological polar surface area (TPSA) is 122 Å². The molecule has 0 bridgehead atoms. The van der Waals surface area contributed by atoms with E-state index in [2.05, 4.69) is 6.07 Å². The number of halogens is 2. The molecule has 2 aromatic carbocycles. The molecule has 2 aromatic rings. The highest BCUT2D eigenvalue weighted by molar-refractivity contribution is 6.55. The Bertz CT molecular complexity index is 1130. The quantitative estimate of drug-likeness (QED) is 0.370. The molecule has 5 N–H and O–H groups in total. The predicted molar refractivity (Wildman–Crippen MR) is 145 cm³/mol. The molecular weight excluding hydrogens is 497 g/mol. The lowest BCUT2D eigenvalue weighted by Crippen LogP contribution is -2.58. The van der Waals surface area contributed by atoms with Gasteiger partial charge in [-0.1, -0.05) is 67.4 Å². The van der Waals surface area contributed by atoms with Gasteiger partial charge in [0, 0.05) is 17.0 Å². The fourth-order valence-electron chi connectivity index (χ4n) is 4.21. The van der Waals surface area contributed by atoms with Gasteiger partial charge in [-0.15, -0.1) is 0 Å². The standard InChI is InChI=1S/C22H19Cl2NO3.C6H16N2/c1-21(2)18(12-19(23)24)22(21,20(26)27)17(13-25)14-7-6-10-16(11-14)28-15-8-4-3-5-9-15;1-5(2,7)6(3,4)8/h3-12,17-18H,1-2H3,(H,26,27);7-8H2,1-4H3. The van der Waals surface area contributed by atoms with Gasteiger partial charge in [0.05, 0.1) is 12.0 Å². The van der Waals surface area contributed by atoms with Crippen molar-refractivity contribution in [2.45, 2.75) is 58.5 Å². The summed E-state index contributed by atoms with van der Waals surface area (Å²) >= 11 is 11.6. The van der Waals surface area contributed by atoms with Crippen molar-refractivity contribution >= 4 is 29.2 Å². The maximum absolute atomic E-state index is 12.3. The van der Waals surface area contributed by atoms with Crippen LogP contribution in [-0.2, 0) is 4.79 Å². The molecule has 0 aliphatic heterocycles. The molecule has 3 unspecified atom stereocenters. The molecule has 6 nitrogen and oxygen atoms in total. The molecule has 1 fully saturated rings. The van der Waals surface area contributed by atoms with Gasteiger partial charge in [-0.2, -0.15) is 5.26 Å². The van der Waals surface area contributed by atoms with Crippen LogP contribution in [0.15, 0.2) is 65.2 Å². The summed E-state index contributed by atoms with van der Waals surface area (Å²) in [7, 11) is 0. The summed E-state index contributed by atoms with van der Waals surface area (Å²) < 4.78 is 5.84. The van der Waals surface area contributed by atoms with E-state index in [1.807, 2.05) is 71.9 Å². The zero-order valence-electron chi connectivity index (χ0n) is 21.5. The van der Waals surface area contributed by atoms with Crippen LogP contribution in [0.25, 0.3) is 0 Å². The largest absolute Gasteiger partial charge is 0.481 e. The molecule has 0 radical (unpaired) electrons. The van der Waals surface area contributed by atoms with Crippen molar-refractivity contribution in [2.75, 3.05) is 0 Å². The molecule has 1 aliphatic carbocycles. The van der Waals surface area contributed by atoms with Crippen molar-refractivity contribution in [2.24, 2.45) is 28.2 Å². The molecule has 8 heteroatoms. The molecule has 3 rings (SSSR count). The number of para-hydroxylation sites is 1. The molecule has 1 aliphatic rings. The number of nitrogens with zero attached hydrogens (tertiary/aromatic N) is 1. The van der Waals surface area contributed by atoms with E-state index in [1.165, 1.54) is 6.08 Å². The molecule has 0 amide bonds. The number of rotatable bonds is 7. The fourth-order valence-corrected chi connectivity index (χ4v) is 4.46. The van der Waals surface area contributed by atoms with Gasteiger partial charge < -0.3 is 21.3 Å². The number of carboxylic acid groups (broad SMARTS) is 1. The van der Waals surface area contributed by atoms with Gasteiger partial charge in [-0.3, -0.25) is 4.79 Å². The van der Waals surface area contributed by atoms with E-state index in [0.717, 1.165) is 0 Å². The third-order valence-corrected chi connectivity index (χ3v) is 7.56. The minimum absolute atomic E-state index is 0.000878. The van der Waals surface area contributed by atoms with Crippen LogP contribution in [0.2, 0.25) is 0 Å². The molecule has 0 aromatic heterocycles. The molecule has 194 valence electrons. The zero-order chi connectivity index (χ0) is 27.5. The molecule has 0 heterocycles. The average molecular weight is 533 g/mol. The predicted octanol–water partition coefficient (Wildman–Crippen LogP) is 6.59. The first-order valence-corrected chi connectivity index (χ1v) is 12.3. The number of nitrogens with two attached hydrogens (primary N) is 2. The number of carbonyl (C=O) groups is 1. The Morgan fingerprint density at radius 1 is 1.06 bits per heavy atom. The molecule has 3 atom stereocenters. The van der Waals surface area contributed by atoms with Crippen molar-refractivity contribution in [1.29, 1.82) is 5.26 Å². The second-order valence-corrected chi connectivity index (χ2v) is 11.8. The van der Waals surface area contributed by atoms with Crippen molar-refractivity contribution in [3.63, 3.8) is 0 Å². The number of allylic oxidation sites excluding steroid dienone is 1. The van der Waals surface area contributed by atoms with E-state index in [-0.39, 0.29) is 15.6 Å². The van der Waals surface area contributed by atoms with Crippen LogP contribution in [0.4, 0.5) is 0 Å². The van der Waals surface area contributed by atoms with Gasteiger partial charge in [0.25, 0.3) is 0 Å². The number of benzene rings is 2. The van der Waals surface area contributed by atoms with E-state index in [1.54, 1.807) is 24.3 Å². The Balaban J connectivity index is 0.000000493. The highest BCUT2D eigenvalue weighted by atomic mass is 35.5. The lowest BCUT2D eigenvalue weighted by Gasteiger charge is -2.34. The lowest BCUT2D eigenvalue weighted by atomic mass is 9.78. The van der Waals surface area contributed by atoms with Crippen LogP contribution in [0.1, 0.15) is 53.0 Å². The minimum Gasteiger partial charge on any atom is -0.481 e. The van der Waals surface area contributed by atoms with E-state index < -0.39 is 28.6 Å². The monoisotopic (exact) mass is 531 g/mol. The summed E-state index contributed by atoms with van der Waals surface area (Å²) in [5, 5.41) is 20.0. The summed E-state index contributed by atoms with van der Waals surface area (Å²) in [5.41, 5.74) is 9.36. The molecule has 0 saturated heterocycles. The third-order valence-electron chi connectivity index (χ3n) is 7.31. The highest BCUT2D eigenvalue weighted by Gasteiger charge is 2.78. The van der Waals surface area contributed by atoms with Gasteiger partial charge in [0.2, 0.25) is 0 Å². The Kier molecular flexibility index (Phi) is 8.92. The van der Waals surface area contributed by atoms with Crippen LogP contribution < -0.4 is 16.2 Å². The summed E-state index contributed by atoms with van der Waals surface area (Å²) in [6.45, 7) is 11.3. The maximum Gasteiger partial charge on any atom is 0.312 e. The first-order chi connectivity index (χ1) is 16.5. The minimum atomic E-state index is -1.33. The number of hydrogen-bond donors (Lipinski definition) is 3. The Morgan fingerprint density at radius 2 is 1.58 bits per heavy atom. The average Bonchev–Trinajstić information content (AvgIpc) is 3.23. The fraction of sp³-hybridized carbons (Fsp3) is 0.429. The Labute approximate surface area is 223 Å². The summed E-state index contributed by atoms with van der Waals surface area (Å²) in [5.74, 6) is -1.22. The van der Waals surface area contributed by atoms with Crippen LogP contribution in [-0.4, -0.2) is 22.2 Å². The highest BCUT2D eigenvalue weighted by Crippen LogP contribution is 2.75. The smallest absolute Gasteiger partial charge is 0.312 e. The van der Waals surface area contributed by atoms with Gasteiger partial charge in [-0.05, 0) is 69.0 Å². The van der Waals surface area contributed by atoms with Crippen molar-refractivity contribution in [1.82, 2.24) is 0 Å². The van der Waals surface area contributed by atoms with Crippen LogP contribution in [0.3, 0.4) is 0 Å². The van der Waals surface area contributed by atoms with Crippen molar-refractivity contribution in [3.05, 3.63) is 70.7 Å². The van der Waals surface area contributed by atoms with Gasteiger partial charge in [0.1, 0.15) is 21.4 Å². The van der Waals surface area contributed by atoms with Crippen LogP contribution in [0, 0.1) is 28.1 Å². The maximum atomic E-state index is 12.3. The number of hydrogen-bond acceptors (Lipinski definition) is 5. The number of carboxylic acids is 1. The summed E-state index contributed by atoms with van der Waals surface area (Å²) in [6, 6.07) is 18.4. The lowest BCUT2D eigenvalue weighted by molar-refractivity contribution is -0.145. The van der Waals surface area contributed by atoms with Crippen molar-refractivity contribution in [3.8, 4) is 17.6 Å². The molecule has 1 saturated carbocycles. The summed E-state index contributed by atoms with van der Waals surface area (Å²) in [4.78, 5) is 12.3. The zero-order valence-corrected chi connectivity index (χ0v) is 23.1. The molecular formula is C28H35Cl2N3O3. The molecule has 36 heavy (non-hydrogen) atoms. The first-order valence-electron chi connectivity index (χ1n) is 11.6. The van der Waals surface area contributed by atoms with Crippen LogP contribution in [0.5, 0.6) is 11.5 Å². The SMILES string of the molecule is CC(C)(N)C(C)(C)N.CC1(C)C(C=C(Cl)Cl)C1(C(=O)O)C(C#N)c1cccc(Oc2ccccc2)c1. The Hall–Kier alpha value is -2.56. The normalized spacial score (nSPS) is 21.2. The van der Waals surface area contributed by atoms with Gasteiger partial charge in [0.15, 0.2) is 0 Å². The van der Waals surface area contributed by atoms with E-state index in [4.69, 9.17) is 39.4 Å². The number of aliphatic carboxylic acids is 1. The second-order valence-electron chi connectivity index (χ2n) is 10.8. The van der Waals surface area contributed by atoms with Crippen LogP contribution >= 0.6 is 23.2 Å². The summed E-state index contributed by atoms with van der Waals surface area (Å²) in [6.07, 6.45) is 1.52. The first kappa shape index (κ1) is 29.7. The van der Waals surface area contributed by atoms with E-state index in [0.29, 0.717) is 17.1 Å². The Morgan fingerprint density at radius 3 is 2.03 bits per heavy atom. The second kappa shape index (κ2) is 10.8. The number of nitriles is 1. The molecule has 0 spiro atoms. The van der Waals surface area contributed by atoms with Crippen molar-refractivity contribution < 1.29 is 14.6 Å². The third kappa shape index (κ3) is 6.04.